The second-order valence-electron chi connectivity index (χ2n) is 8.23. The molecule has 2 fully saturated rings. The van der Waals surface area contributed by atoms with E-state index in [4.69, 9.17) is 9.41 Å². The van der Waals surface area contributed by atoms with Crippen molar-refractivity contribution in [2.75, 3.05) is 26.2 Å². The van der Waals surface area contributed by atoms with Crippen LogP contribution in [0.25, 0.3) is 0 Å². The number of hydrogen-bond acceptors (Lipinski definition) is 3. The summed E-state index contributed by atoms with van der Waals surface area (Å²) >= 11 is 0. The Labute approximate surface area is 181 Å². The summed E-state index contributed by atoms with van der Waals surface area (Å²) < 4.78 is 5.42. The monoisotopic (exact) mass is 488 g/mol. The fraction of sp³-hybridized carbons (Fsp3) is 0.762. The van der Waals surface area contributed by atoms with E-state index < -0.39 is 0 Å². The van der Waals surface area contributed by atoms with Crippen LogP contribution in [0, 0.1) is 5.92 Å². The predicted molar refractivity (Wildman–Crippen MR) is 123 cm³/mol. The molecule has 1 aliphatic heterocycles. The van der Waals surface area contributed by atoms with Gasteiger partial charge in [-0.15, -0.1) is 24.0 Å². The number of rotatable bonds is 7. The summed E-state index contributed by atoms with van der Waals surface area (Å²) in [7, 11) is 0. The average molecular weight is 488 g/mol. The van der Waals surface area contributed by atoms with Gasteiger partial charge < -0.3 is 20.0 Å². The minimum absolute atomic E-state index is 0. The molecule has 1 saturated carbocycles. The molecule has 3 rings (SSSR count). The Balaban J connectivity index is 0.00000261. The fourth-order valence-corrected chi connectivity index (χ4v) is 4.06. The molecule has 154 valence electrons. The van der Waals surface area contributed by atoms with E-state index in [9.17, 15) is 0 Å². The zero-order valence-corrected chi connectivity index (χ0v) is 19.3. The van der Waals surface area contributed by atoms with Gasteiger partial charge in [0.15, 0.2) is 5.96 Å². The van der Waals surface area contributed by atoms with Crippen molar-refractivity contribution in [1.82, 2.24) is 15.5 Å². The maximum Gasteiger partial charge on any atom is 0.191 e. The van der Waals surface area contributed by atoms with Gasteiger partial charge in [-0.25, -0.2) is 0 Å². The Morgan fingerprint density at radius 1 is 1.22 bits per heavy atom. The molecule has 6 heteroatoms. The van der Waals surface area contributed by atoms with Gasteiger partial charge in [-0.1, -0.05) is 26.7 Å². The molecule has 0 radical (unpaired) electrons. The third kappa shape index (κ3) is 7.64. The van der Waals surface area contributed by atoms with Crippen LogP contribution in [-0.2, 0) is 6.42 Å². The van der Waals surface area contributed by atoms with Gasteiger partial charge in [-0.3, -0.25) is 4.99 Å². The highest BCUT2D eigenvalue weighted by molar-refractivity contribution is 14.0. The van der Waals surface area contributed by atoms with Crippen molar-refractivity contribution in [2.45, 2.75) is 70.9 Å². The molecule has 0 bridgehead atoms. The highest BCUT2D eigenvalue weighted by Gasteiger charge is 2.27. The van der Waals surface area contributed by atoms with Crippen LogP contribution >= 0.6 is 24.0 Å². The third-order valence-corrected chi connectivity index (χ3v) is 5.57. The van der Waals surface area contributed by atoms with Gasteiger partial charge >= 0.3 is 0 Å². The molecular formula is C21H37IN4O. The van der Waals surface area contributed by atoms with Gasteiger partial charge in [-0.2, -0.15) is 0 Å². The van der Waals surface area contributed by atoms with Crippen LogP contribution in [0.4, 0.5) is 0 Å². The molecule has 2 heterocycles. The average Bonchev–Trinajstić information content (AvgIpc) is 3.34. The Hall–Kier alpha value is -0.760. The number of likely N-dealkylation sites (tertiary alicyclic amines) is 1. The summed E-state index contributed by atoms with van der Waals surface area (Å²) in [6, 6.07) is 5.37. The first-order chi connectivity index (χ1) is 12.7. The quantitative estimate of drug-likeness (QED) is 0.346. The number of guanidine groups is 1. The van der Waals surface area contributed by atoms with Crippen LogP contribution in [0.3, 0.4) is 0 Å². The van der Waals surface area contributed by atoms with Crippen molar-refractivity contribution in [1.29, 1.82) is 0 Å². The van der Waals surface area contributed by atoms with E-state index in [0.29, 0.717) is 12.0 Å². The Morgan fingerprint density at radius 3 is 2.59 bits per heavy atom. The van der Waals surface area contributed by atoms with Gasteiger partial charge in [-0.05, 0) is 43.7 Å². The maximum absolute atomic E-state index is 5.42. The first-order valence-electron chi connectivity index (χ1n) is 10.5. The second-order valence-corrected chi connectivity index (χ2v) is 8.23. The Kier molecular flexibility index (Phi) is 9.96. The highest BCUT2D eigenvalue weighted by atomic mass is 127. The van der Waals surface area contributed by atoms with Crippen LogP contribution in [0.1, 0.15) is 58.1 Å². The fourth-order valence-electron chi connectivity index (χ4n) is 4.06. The van der Waals surface area contributed by atoms with E-state index in [1.807, 2.05) is 12.1 Å². The van der Waals surface area contributed by atoms with Crippen molar-refractivity contribution in [3.8, 4) is 0 Å². The summed E-state index contributed by atoms with van der Waals surface area (Å²) in [5.41, 5.74) is 0. The maximum atomic E-state index is 5.42. The van der Waals surface area contributed by atoms with Crippen LogP contribution in [-0.4, -0.2) is 49.1 Å². The van der Waals surface area contributed by atoms with Crippen LogP contribution in [0.2, 0.25) is 0 Å². The lowest BCUT2D eigenvalue weighted by atomic mass is 10.0. The Bertz CT molecular complexity index is 532. The molecule has 5 nitrogen and oxygen atoms in total. The van der Waals surface area contributed by atoms with E-state index in [-0.39, 0.29) is 24.0 Å². The SMILES string of the molecule is CC(C)CN=C(NCCc1ccco1)NC1CCN(C2CCCC2)CC1.I. The molecule has 2 aliphatic rings. The van der Waals surface area contributed by atoms with E-state index >= 15 is 0 Å². The van der Waals surface area contributed by atoms with Gasteiger partial charge in [0.05, 0.1) is 6.26 Å². The van der Waals surface area contributed by atoms with Crippen LogP contribution < -0.4 is 10.6 Å². The molecule has 2 N–H and O–H groups in total. The zero-order valence-electron chi connectivity index (χ0n) is 17.0. The van der Waals surface area contributed by atoms with Gasteiger partial charge in [0, 0.05) is 44.7 Å². The van der Waals surface area contributed by atoms with E-state index in [2.05, 4.69) is 29.4 Å². The molecular weight excluding hydrogens is 451 g/mol. The van der Waals surface area contributed by atoms with Crippen molar-refractivity contribution in [3.05, 3.63) is 24.2 Å². The second kappa shape index (κ2) is 11.9. The lowest BCUT2D eigenvalue weighted by Gasteiger charge is -2.36. The first-order valence-corrected chi connectivity index (χ1v) is 10.5. The first kappa shape index (κ1) is 22.5. The topological polar surface area (TPSA) is 52.8 Å². The summed E-state index contributed by atoms with van der Waals surface area (Å²) in [6.07, 6.45) is 10.7. The smallest absolute Gasteiger partial charge is 0.191 e. The summed E-state index contributed by atoms with van der Waals surface area (Å²) in [5, 5.41) is 7.18. The predicted octanol–water partition coefficient (Wildman–Crippen LogP) is 4.04. The van der Waals surface area contributed by atoms with E-state index in [0.717, 1.165) is 37.3 Å². The van der Waals surface area contributed by atoms with E-state index in [1.54, 1.807) is 6.26 Å². The molecule has 0 aromatic carbocycles. The van der Waals surface area contributed by atoms with E-state index in [1.165, 1.54) is 51.6 Å². The molecule has 1 saturated heterocycles. The van der Waals surface area contributed by atoms with Crippen LogP contribution in [0.5, 0.6) is 0 Å². The summed E-state index contributed by atoms with van der Waals surface area (Å²) in [6.45, 7) is 8.59. The van der Waals surface area contributed by atoms with Crippen molar-refractivity contribution in [3.63, 3.8) is 0 Å². The molecule has 0 amide bonds. The number of halogens is 1. The van der Waals surface area contributed by atoms with Crippen molar-refractivity contribution >= 4 is 29.9 Å². The van der Waals surface area contributed by atoms with Crippen molar-refractivity contribution < 1.29 is 4.42 Å². The number of aliphatic imine (C=N–C) groups is 1. The molecule has 0 atom stereocenters. The van der Waals surface area contributed by atoms with Gasteiger partial charge in [0.25, 0.3) is 0 Å². The lowest BCUT2D eigenvalue weighted by Crippen LogP contribution is -2.50. The van der Waals surface area contributed by atoms with Crippen LogP contribution in [0.15, 0.2) is 27.8 Å². The third-order valence-electron chi connectivity index (χ3n) is 5.57. The standard InChI is InChI=1S/C21H36N4O.HI/c1-17(2)16-23-21(22-12-9-20-8-5-15-26-20)24-18-10-13-25(14-11-18)19-6-3-4-7-19;/h5,8,15,17-19H,3-4,6-7,9-14,16H2,1-2H3,(H2,22,23,24);1H. The lowest BCUT2D eigenvalue weighted by molar-refractivity contribution is 0.150. The number of nitrogens with one attached hydrogen (secondary N) is 2. The molecule has 1 aromatic rings. The zero-order chi connectivity index (χ0) is 18.2. The highest BCUT2D eigenvalue weighted by Crippen LogP contribution is 2.26. The molecule has 1 aromatic heterocycles. The van der Waals surface area contributed by atoms with Crippen molar-refractivity contribution in [2.24, 2.45) is 10.9 Å². The van der Waals surface area contributed by atoms with Gasteiger partial charge in [0.1, 0.15) is 5.76 Å². The van der Waals surface area contributed by atoms with Gasteiger partial charge in [0.2, 0.25) is 0 Å². The minimum Gasteiger partial charge on any atom is -0.469 e. The molecule has 0 unspecified atom stereocenters. The molecule has 27 heavy (non-hydrogen) atoms. The molecule has 1 aliphatic carbocycles. The number of nitrogens with zero attached hydrogens (tertiary/aromatic N) is 2. The summed E-state index contributed by atoms with van der Waals surface area (Å²) in [4.78, 5) is 7.51. The summed E-state index contributed by atoms with van der Waals surface area (Å²) in [5.74, 6) is 2.55. The number of furan rings is 1. The number of hydrogen-bond donors (Lipinski definition) is 2. The molecule has 0 spiro atoms. The largest absolute Gasteiger partial charge is 0.469 e. The Morgan fingerprint density at radius 2 is 1.96 bits per heavy atom. The number of piperidine rings is 1. The normalized spacial score (nSPS) is 20.0. The minimum atomic E-state index is 0.